The van der Waals surface area contributed by atoms with Gasteiger partial charge in [-0.25, -0.2) is 4.98 Å². The molecule has 0 unspecified atom stereocenters. The molecule has 2 rings (SSSR count). The van der Waals surface area contributed by atoms with E-state index in [0.717, 1.165) is 22.6 Å². The van der Waals surface area contributed by atoms with Gasteiger partial charge >= 0.3 is 0 Å². The molecule has 19 heavy (non-hydrogen) atoms. The lowest BCUT2D eigenvalue weighted by Crippen LogP contribution is -1.98. The minimum atomic E-state index is 0.400. The number of rotatable bonds is 4. The summed E-state index contributed by atoms with van der Waals surface area (Å²) in [7, 11) is 0. The molecule has 0 radical (unpaired) electrons. The molecule has 1 aromatic heterocycles. The molecule has 0 atom stereocenters. The van der Waals surface area contributed by atoms with E-state index >= 15 is 0 Å². The molecule has 0 aliphatic rings. The second-order valence-corrected chi connectivity index (χ2v) is 5.42. The summed E-state index contributed by atoms with van der Waals surface area (Å²) in [5.41, 5.74) is 2.99. The predicted octanol–water partition coefficient (Wildman–Crippen LogP) is 4.95. The number of benzene rings is 1. The minimum Gasteiger partial charge on any atom is -0.439 e. The summed E-state index contributed by atoms with van der Waals surface area (Å²) in [6.07, 6.45) is 2.05. The van der Waals surface area contributed by atoms with Gasteiger partial charge < -0.3 is 4.74 Å². The first-order valence-corrected chi connectivity index (χ1v) is 7.75. The van der Waals surface area contributed by atoms with Crippen LogP contribution in [0.4, 0.5) is 0 Å². The maximum atomic E-state index is 5.98. The molecular weight excluding hydrogens is 278 g/mol. The summed E-state index contributed by atoms with van der Waals surface area (Å²) >= 11 is 7.68. The molecule has 100 valence electrons. The fourth-order valence-electron chi connectivity index (χ4n) is 1.83. The minimum absolute atomic E-state index is 0.400. The van der Waals surface area contributed by atoms with Crippen molar-refractivity contribution in [2.45, 2.75) is 24.6 Å². The van der Waals surface area contributed by atoms with E-state index in [4.69, 9.17) is 16.3 Å². The Kier molecular flexibility index (Phi) is 4.72. The van der Waals surface area contributed by atoms with Crippen molar-refractivity contribution < 1.29 is 4.74 Å². The lowest BCUT2D eigenvalue weighted by atomic mass is 10.1. The first kappa shape index (κ1) is 14.2. The lowest BCUT2D eigenvalue weighted by Gasteiger charge is -2.12. The molecular formula is C15H16ClNOS. The Balaban J connectivity index is 2.31. The first-order chi connectivity index (χ1) is 9.13. The van der Waals surface area contributed by atoms with Gasteiger partial charge in [-0.05, 0) is 56.0 Å². The van der Waals surface area contributed by atoms with Crippen molar-refractivity contribution in [3.63, 3.8) is 0 Å². The van der Waals surface area contributed by atoms with E-state index in [1.165, 1.54) is 4.90 Å². The Labute approximate surface area is 123 Å². The standard InChI is InChI=1S/C15H16ClNOS/c1-10-8-11(2)17-15(14(10)9-16)18-12-4-6-13(19-3)7-5-12/h4-8H,9H2,1-3H3. The van der Waals surface area contributed by atoms with E-state index in [2.05, 4.69) is 4.98 Å². The molecule has 0 spiro atoms. The molecule has 0 bridgehead atoms. The van der Waals surface area contributed by atoms with Gasteiger partial charge in [0, 0.05) is 16.2 Å². The average molecular weight is 294 g/mol. The summed E-state index contributed by atoms with van der Waals surface area (Å²) < 4.78 is 5.86. The highest BCUT2D eigenvalue weighted by atomic mass is 35.5. The van der Waals surface area contributed by atoms with Crippen LogP contribution in [0.25, 0.3) is 0 Å². The van der Waals surface area contributed by atoms with Gasteiger partial charge in [0.25, 0.3) is 0 Å². The van der Waals surface area contributed by atoms with E-state index in [9.17, 15) is 0 Å². The van der Waals surface area contributed by atoms with Gasteiger partial charge in [-0.2, -0.15) is 0 Å². The van der Waals surface area contributed by atoms with E-state index in [0.29, 0.717) is 11.8 Å². The molecule has 2 nitrogen and oxygen atoms in total. The van der Waals surface area contributed by atoms with Crippen molar-refractivity contribution in [2.75, 3.05) is 6.26 Å². The van der Waals surface area contributed by atoms with Crippen LogP contribution in [0.15, 0.2) is 35.2 Å². The molecule has 0 saturated carbocycles. The number of halogens is 1. The number of hydrogen-bond donors (Lipinski definition) is 0. The molecule has 4 heteroatoms. The Morgan fingerprint density at radius 1 is 1.21 bits per heavy atom. The van der Waals surface area contributed by atoms with Crippen LogP contribution in [0, 0.1) is 13.8 Å². The van der Waals surface area contributed by atoms with E-state index < -0.39 is 0 Å². The third kappa shape index (κ3) is 3.43. The van der Waals surface area contributed by atoms with Crippen molar-refractivity contribution in [2.24, 2.45) is 0 Å². The molecule has 0 aliphatic heterocycles. The zero-order valence-electron chi connectivity index (χ0n) is 11.2. The number of pyridine rings is 1. The van der Waals surface area contributed by atoms with Crippen molar-refractivity contribution in [3.8, 4) is 11.6 Å². The monoisotopic (exact) mass is 293 g/mol. The van der Waals surface area contributed by atoms with Crippen molar-refractivity contribution in [1.82, 2.24) is 4.98 Å². The van der Waals surface area contributed by atoms with E-state index in [-0.39, 0.29) is 0 Å². The third-order valence-electron chi connectivity index (χ3n) is 2.85. The number of aromatic nitrogens is 1. The summed E-state index contributed by atoms with van der Waals surface area (Å²) in [6.45, 7) is 3.98. The second kappa shape index (κ2) is 6.31. The van der Waals surface area contributed by atoms with Crippen molar-refractivity contribution in [3.05, 3.63) is 47.2 Å². The van der Waals surface area contributed by atoms with Gasteiger partial charge in [-0.1, -0.05) is 0 Å². The number of hydrogen-bond acceptors (Lipinski definition) is 3. The van der Waals surface area contributed by atoms with Gasteiger partial charge in [-0.3, -0.25) is 0 Å². The third-order valence-corrected chi connectivity index (χ3v) is 3.86. The molecule has 0 amide bonds. The number of nitrogens with zero attached hydrogens (tertiary/aromatic N) is 1. The maximum absolute atomic E-state index is 5.98. The highest BCUT2D eigenvalue weighted by Crippen LogP contribution is 2.28. The van der Waals surface area contributed by atoms with Crippen molar-refractivity contribution >= 4 is 23.4 Å². The molecule has 0 aliphatic carbocycles. The number of aryl methyl sites for hydroxylation is 2. The zero-order chi connectivity index (χ0) is 13.8. The van der Waals surface area contributed by atoms with Crippen molar-refractivity contribution in [1.29, 1.82) is 0 Å². The molecule has 1 aromatic carbocycles. The maximum Gasteiger partial charge on any atom is 0.224 e. The topological polar surface area (TPSA) is 22.1 Å². The second-order valence-electron chi connectivity index (χ2n) is 4.28. The van der Waals surface area contributed by atoms with Gasteiger partial charge in [-0.15, -0.1) is 23.4 Å². The summed E-state index contributed by atoms with van der Waals surface area (Å²) in [4.78, 5) is 5.64. The highest BCUT2D eigenvalue weighted by molar-refractivity contribution is 7.98. The zero-order valence-corrected chi connectivity index (χ0v) is 12.8. The lowest BCUT2D eigenvalue weighted by molar-refractivity contribution is 0.456. The van der Waals surface area contributed by atoms with Crippen LogP contribution >= 0.6 is 23.4 Å². The Morgan fingerprint density at radius 2 is 1.89 bits per heavy atom. The molecule has 0 saturated heterocycles. The fraction of sp³-hybridized carbons (Fsp3) is 0.267. The highest BCUT2D eigenvalue weighted by Gasteiger charge is 2.10. The Hall–Kier alpha value is -1.19. The van der Waals surface area contributed by atoms with Gasteiger partial charge in [0.15, 0.2) is 0 Å². The normalized spacial score (nSPS) is 10.5. The SMILES string of the molecule is CSc1ccc(Oc2nc(C)cc(C)c2CCl)cc1. The largest absolute Gasteiger partial charge is 0.439 e. The average Bonchev–Trinajstić information content (AvgIpc) is 2.39. The first-order valence-electron chi connectivity index (χ1n) is 5.99. The van der Waals surface area contributed by atoms with Crippen LogP contribution in [-0.4, -0.2) is 11.2 Å². The van der Waals surface area contributed by atoms with Gasteiger partial charge in [0.2, 0.25) is 5.88 Å². The fourth-order valence-corrected chi connectivity index (χ4v) is 2.56. The molecule has 1 heterocycles. The summed E-state index contributed by atoms with van der Waals surface area (Å²) in [6, 6.07) is 9.97. The molecule has 2 aromatic rings. The van der Waals surface area contributed by atoms with Crippen LogP contribution in [0.2, 0.25) is 0 Å². The van der Waals surface area contributed by atoms with E-state index in [1.54, 1.807) is 11.8 Å². The van der Waals surface area contributed by atoms with Crippen LogP contribution in [0.1, 0.15) is 16.8 Å². The smallest absolute Gasteiger partial charge is 0.224 e. The molecule has 0 N–H and O–H groups in total. The summed E-state index contributed by atoms with van der Waals surface area (Å²) in [5.74, 6) is 1.78. The van der Waals surface area contributed by atoms with Crippen LogP contribution < -0.4 is 4.74 Å². The van der Waals surface area contributed by atoms with Crippen LogP contribution in [-0.2, 0) is 5.88 Å². The number of thioether (sulfide) groups is 1. The predicted molar refractivity (Wildman–Crippen MR) is 81.6 cm³/mol. The Morgan fingerprint density at radius 3 is 2.47 bits per heavy atom. The summed E-state index contributed by atoms with van der Waals surface area (Å²) in [5, 5.41) is 0. The van der Waals surface area contributed by atoms with Crippen LogP contribution in [0.3, 0.4) is 0 Å². The Bertz CT molecular complexity index is 569. The number of ether oxygens (including phenoxy) is 1. The van der Waals surface area contributed by atoms with E-state index in [1.807, 2.05) is 50.4 Å². The van der Waals surface area contributed by atoms with Gasteiger partial charge in [0.1, 0.15) is 5.75 Å². The number of alkyl halides is 1. The van der Waals surface area contributed by atoms with Gasteiger partial charge in [0.05, 0.1) is 5.88 Å². The quantitative estimate of drug-likeness (QED) is 0.588. The molecule has 0 fully saturated rings. The van der Waals surface area contributed by atoms with Crippen LogP contribution in [0.5, 0.6) is 11.6 Å².